The highest BCUT2D eigenvalue weighted by molar-refractivity contribution is 5.21. The summed E-state index contributed by atoms with van der Waals surface area (Å²) in [7, 11) is 0. The average molecular weight is 384 g/mol. The largest absolute Gasteiger partial charge is 0.375 e. The standard InChI is InChI=1S/C23H30FN3O/c1-18-14-19(16-27-21(18)24)15-25-12-9-22(20-6-2-5-11-26-20)10-13-28-23(17-22)7-3-4-8-23/h2,5-6,11,14,16,25H,3-4,7-10,12-13,15,17H2,1H3. The Labute approximate surface area is 166 Å². The van der Waals surface area contributed by atoms with Gasteiger partial charge in [-0.25, -0.2) is 4.98 Å². The molecule has 4 nitrogen and oxygen atoms in total. The van der Waals surface area contributed by atoms with Gasteiger partial charge in [-0.05, 0) is 69.3 Å². The van der Waals surface area contributed by atoms with E-state index < -0.39 is 0 Å². The van der Waals surface area contributed by atoms with Gasteiger partial charge in [0.25, 0.3) is 0 Å². The Balaban J connectivity index is 1.45. The lowest BCUT2D eigenvalue weighted by Crippen LogP contribution is -2.47. The number of nitrogens with one attached hydrogen (secondary N) is 1. The minimum absolute atomic E-state index is 0.0494. The first-order chi connectivity index (χ1) is 13.6. The van der Waals surface area contributed by atoms with Crippen LogP contribution >= 0.6 is 0 Å². The molecule has 2 aliphatic rings. The fourth-order valence-corrected chi connectivity index (χ4v) is 5.07. The fraction of sp³-hybridized carbons (Fsp3) is 0.565. The number of rotatable bonds is 6. The summed E-state index contributed by atoms with van der Waals surface area (Å²) in [6.45, 7) is 4.17. The number of pyridine rings is 2. The third kappa shape index (κ3) is 4.11. The third-order valence-electron chi connectivity index (χ3n) is 6.55. The van der Waals surface area contributed by atoms with E-state index in [4.69, 9.17) is 9.72 Å². The van der Waals surface area contributed by atoms with Crippen molar-refractivity contribution < 1.29 is 9.13 Å². The molecule has 2 aromatic rings. The molecule has 1 unspecified atom stereocenters. The molecule has 0 amide bonds. The Hall–Kier alpha value is -1.85. The molecule has 1 aliphatic heterocycles. The van der Waals surface area contributed by atoms with Crippen LogP contribution in [0, 0.1) is 12.9 Å². The Kier molecular flexibility index (Phi) is 5.74. The van der Waals surface area contributed by atoms with Gasteiger partial charge in [0.2, 0.25) is 5.95 Å². The van der Waals surface area contributed by atoms with Crippen LogP contribution in [-0.2, 0) is 16.7 Å². The van der Waals surface area contributed by atoms with Gasteiger partial charge in [-0.15, -0.1) is 0 Å². The van der Waals surface area contributed by atoms with E-state index in [0.717, 1.165) is 38.0 Å². The molecule has 28 heavy (non-hydrogen) atoms. The van der Waals surface area contributed by atoms with Gasteiger partial charge in [-0.3, -0.25) is 4.98 Å². The maximum atomic E-state index is 13.4. The van der Waals surface area contributed by atoms with Crippen molar-refractivity contribution in [2.24, 2.45) is 0 Å². The quantitative estimate of drug-likeness (QED) is 0.591. The average Bonchev–Trinajstić information content (AvgIpc) is 3.16. The Morgan fingerprint density at radius 3 is 2.79 bits per heavy atom. The molecule has 1 atom stereocenters. The van der Waals surface area contributed by atoms with E-state index in [9.17, 15) is 4.39 Å². The van der Waals surface area contributed by atoms with Crippen LogP contribution in [-0.4, -0.2) is 28.7 Å². The number of aryl methyl sites for hydroxylation is 1. The Morgan fingerprint density at radius 1 is 1.18 bits per heavy atom. The Morgan fingerprint density at radius 2 is 2.04 bits per heavy atom. The van der Waals surface area contributed by atoms with E-state index in [-0.39, 0.29) is 17.0 Å². The third-order valence-corrected chi connectivity index (χ3v) is 6.55. The highest BCUT2D eigenvalue weighted by atomic mass is 19.1. The number of hydrogen-bond donors (Lipinski definition) is 1. The first kappa shape index (κ1) is 19.5. The SMILES string of the molecule is Cc1cc(CNCCC2(c3ccccn3)CCOC3(CCCC3)C2)cnc1F. The molecule has 3 heterocycles. The van der Waals surface area contributed by atoms with Crippen molar-refractivity contribution >= 4 is 0 Å². The molecule has 150 valence electrons. The van der Waals surface area contributed by atoms with Crippen molar-refractivity contribution in [1.29, 1.82) is 0 Å². The van der Waals surface area contributed by atoms with Crippen LogP contribution < -0.4 is 5.32 Å². The lowest BCUT2D eigenvalue weighted by Gasteiger charge is -2.46. The summed E-state index contributed by atoms with van der Waals surface area (Å²) in [6, 6.07) is 8.14. The van der Waals surface area contributed by atoms with E-state index in [0.29, 0.717) is 12.1 Å². The monoisotopic (exact) mass is 383 g/mol. The van der Waals surface area contributed by atoms with Gasteiger partial charge in [-0.1, -0.05) is 18.9 Å². The highest BCUT2D eigenvalue weighted by Gasteiger charge is 2.48. The molecule has 2 aromatic heterocycles. The van der Waals surface area contributed by atoms with Gasteiger partial charge in [0, 0.05) is 42.2 Å². The van der Waals surface area contributed by atoms with Crippen LogP contribution in [0.1, 0.15) is 61.8 Å². The normalized spacial score (nSPS) is 23.9. The summed E-state index contributed by atoms with van der Waals surface area (Å²) in [5, 5.41) is 3.54. The summed E-state index contributed by atoms with van der Waals surface area (Å²) in [6.07, 6.45) is 11.5. The molecule has 0 radical (unpaired) electrons. The zero-order valence-corrected chi connectivity index (χ0v) is 16.7. The molecule has 1 N–H and O–H groups in total. The molecular weight excluding hydrogens is 353 g/mol. The maximum absolute atomic E-state index is 13.4. The number of ether oxygens (including phenoxy) is 1. The predicted molar refractivity (Wildman–Crippen MR) is 108 cm³/mol. The van der Waals surface area contributed by atoms with E-state index in [1.165, 1.54) is 31.4 Å². The molecule has 1 spiro atoms. The first-order valence-corrected chi connectivity index (χ1v) is 10.5. The summed E-state index contributed by atoms with van der Waals surface area (Å²) < 4.78 is 19.7. The van der Waals surface area contributed by atoms with Gasteiger partial charge in [0.1, 0.15) is 0 Å². The van der Waals surface area contributed by atoms with E-state index in [1.807, 2.05) is 18.3 Å². The lowest BCUT2D eigenvalue weighted by molar-refractivity contribution is -0.104. The molecule has 1 saturated heterocycles. The molecule has 0 aromatic carbocycles. The number of aromatic nitrogens is 2. The molecular formula is C23H30FN3O. The van der Waals surface area contributed by atoms with Crippen LogP contribution in [0.5, 0.6) is 0 Å². The number of halogens is 1. The van der Waals surface area contributed by atoms with Crippen molar-refractivity contribution in [3.05, 3.63) is 59.4 Å². The van der Waals surface area contributed by atoms with Crippen molar-refractivity contribution in [3.63, 3.8) is 0 Å². The zero-order valence-electron chi connectivity index (χ0n) is 16.7. The summed E-state index contributed by atoms with van der Waals surface area (Å²) >= 11 is 0. The first-order valence-electron chi connectivity index (χ1n) is 10.5. The second-order valence-corrected chi connectivity index (χ2v) is 8.54. The molecule has 2 fully saturated rings. The lowest BCUT2D eigenvalue weighted by atomic mass is 9.68. The second-order valence-electron chi connectivity index (χ2n) is 8.54. The molecule has 0 bridgehead atoms. The van der Waals surface area contributed by atoms with E-state index in [1.54, 1.807) is 13.1 Å². The maximum Gasteiger partial charge on any atom is 0.215 e. The van der Waals surface area contributed by atoms with Gasteiger partial charge in [0.05, 0.1) is 5.60 Å². The molecule has 1 aliphatic carbocycles. The van der Waals surface area contributed by atoms with Crippen LogP contribution in [0.4, 0.5) is 4.39 Å². The van der Waals surface area contributed by atoms with Crippen molar-refractivity contribution in [2.75, 3.05) is 13.2 Å². The van der Waals surface area contributed by atoms with Crippen LogP contribution in [0.25, 0.3) is 0 Å². The highest BCUT2D eigenvalue weighted by Crippen LogP contribution is 2.49. The smallest absolute Gasteiger partial charge is 0.215 e. The van der Waals surface area contributed by atoms with E-state index >= 15 is 0 Å². The molecule has 4 rings (SSSR count). The Bertz CT molecular complexity index is 792. The minimum Gasteiger partial charge on any atom is -0.375 e. The summed E-state index contributed by atoms with van der Waals surface area (Å²) in [5.74, 6) is -0.387. The summed E-state index contributed by atoms with van der Waals surface area (Å²) in [5.41, 5.74) is 2.93. The summed E-state index contributed by atoms with van der Waals surface area (Å²) in [4.78, 5) is 8.58. The topological polar surface area (TPSA) is 47.0 Å². The number of nitrogens with zero attached hydrogens (tertiary/aromatic N) is 2. The minimum atomic E-state index is -0.387. The number of hydrogen-bond acceptors (Lipinski definition) is 4. The van der Waals surface area contributed by atoms with Crippen molar-refractivity contribution in [1.82, 2.24) is 15.3 Å². The van der Waals surface area contributed by atoms with Gasteiger partial charge in [-0.2, -0.15) is 4.39 Å². The van der Waals surface area contributed by atoms with Gasteiger partial charge < -0.3 is 10.1 Å². The van der Waals surface area contributed by atoms with Crippen molar-refractivity contribution in [3.8, 4) is 0 Å². The van der Waals surface area contributed by atoms with E-state index in [2.05, 4.69) is 22.4 Å². The fourth-order valence-electron chi connectivity index (χ4n) is 5.07. The molecule has 1 saturated carbocycles. The van der Waals surface area contributed by atoms with Gasteiger partial charge in [0.15, 0.2) is 0 Å². The van der Waals surface area contributed by atoms with Crippen LogP contribution in [0.15, 0.2) is 36.7 Å². The van der Waals surface area contributed by atoms with Crippen molar-refractivity contribution in [2.45, 2.75) is 69.4 Å². The molecule has 5 heteroatoms. The van der Waals surface area contributed by atoms with Crippen LogP contribution in [0.3, 0.4) is 0 Å². The predicted octanol–water partition coefficient (Wildman–Crippen LogP) is 4.47. The van der Waals surface area contributed by atoms with Crippen LogP contribution in [0.2, 0.25) is 0 Å². The zero-order chi connectivity index (χ0) is 19.5. The van der Waals surface area contributed by atoms with Gasteiger partial charge >= 0.3 is 0 Å². The second kappa shape index (κ2) is 8.26.